The molecule has 3 rings (SSSR count). The number of fused-ring (bicyclic) bond motifs is 1. The van der Waals surface area contributed by atoms with Gasteiger partial charge in [0.2, 0.25) is 5.91 Å². The molecule has 1 aromatic carbocycles. The zero-order chi connectivity index (χ0) is 17.5. The van der Waals surface area contributed by atoms with Crippen LogP contribution < -0.4 is 15.4 Å². The topological polar surface area (TPSA) is 80.3 Å². The largest absolute Gasteiger partial charge is 0.482 e. The molecule has 0 aliphatic carbocycles. The maximum absolute atomic E-state index is 12.1. The van der Waals surface area contributed by atoms with Crippen LogP contribution in [0.4, 0.5) is 10.8 Å². The second-order valence-corrected chi connectivity index (χ2v) is 7.88. The van der Waals surface area contributed by atoms with Gasteiger partial charge in [0.05, 0.1) is 11.4 Å². The standard InChI is InChI=1S/C17H19N3O3S/c1-9-14(19-16(24-9)20-15(22)17(2,3)4)10-5-6-12-11(7-10)18-13(21)8-23-12/h5-7H,8H2,1-4H3,(H,18,21)(H,19,20,22). The Morgan fingerprint density at radius 3 is 2.83 bits per heavy atom. The molecule has 24 heavy (non-hydrogen) atoms. The summed E-state index contributed by atoms with van der Waals surface area (Å²) in [5.74, 6) is 0.397. The van der Waals surface area contributed by atoms with Crippen LogP contribution in [-0.2, 0) is 9.59 Å². The first kappa shape index (κ1) is 16.4. The summed E-state index contributed by atoms with van der Waals surface area (Å²) in [7, 11) is 0. The highest BCUT2D eigenvalue weighted by Crippen LogP contribution is 2.36. The van der Waals surface area contributed by atoms with Crippen molar-refractivity contribution in [1.29, 1.82) is 0 Å². The summed E-state index contributed by atoms with van der Waals surface area (Å²) >= 11 is 1.43. The quantitative estimate of drug-likeness (QED) is 0.874. The zero-order valence-corrected chi connectivity index (χ0v) is 14.8. The van der Waals surface area contributed by atoms with Gasteiger partial charge in [-0.15, -0.1) is 11.3 Å². The number of ether oxygens (including phenoxy) is 1. The molecule has 2 N–H and O–H groups in total. The number of nitrogens with one attached hydrogen (secondary N) is 2. The summed E-state index contributed by atoms with van der Waals surface area (Å²) in [4.78, 5) is 29.1. The number of thiazole rings is 1. The Hall–Kier alpha value is -2.41. The Bertz CT molecular complexity index is 821. The van der Waals surface area contributed by atoms with E-state index in [-0.39, 0.29) is 18.4 Å². The van der Waals surface area contributed by atoms with E-state index in [0.717, 1.165) is 16.1 Å². The highest BCUT2D eigenvalue weighted by atomic mass is 32.1. The number of nitrogens with zero attached hydrogens (tertiary/aromatic N) is 1. The number of benzene rings is 1. The SMILES string of the molecule is Cc1sc(NC(=O)C(C)(C)C)nc1-c1ccc2c(c1)NC(=O)CO2. The molecule has 0 saturated heterocycles. The number of anilines is 2. The Kier molecular flexibility index (Phi) is 4.04. The van der Waals surface area contributed by atoms with E-state index in [1.165, 1.54) is 11.3 Å². The first-order valence-corrected chi connectivity index (χ1v) is 8.41. The summed E-state index contributed by atoms with van der Waals surface area (Å²) in [6, 6.07) is 5.55. The monoisotopic (exact) mass is 345 g/mol. The number of amides is 2. The van der Waals surface area contributed by atoms with Crippen LogP contribution in [0.5, 0.6) is 5.75 Å². The lowest BCUT2D eigenvalue weighted by atomic mass is 9.96. The number of aryl methyl sites for hydroxylation is 1. The molecule has 1 aliphatic rings. The van der Waals surface area contributed by atoms with E-state index in [0.29, 0.717) is 16.6 Å². The van der Waals surface area contributed by atoms with E-state index >= 15 is 0 Å². The van der Waals surface area contributed by atoms with Crippen LogP contribution in [0.1, 0.15) is 25.6 Å². The first-order valence-electron chi connectivity index (χ1n) is 7.60. The molecule has 0 bridgehead atoms. The predicted molar refractivity (Wildman–Crippen MR) is 94.5 cm³/mol. The molecule has 2 aromatic rings. The van der Waals surface area contributed by atoms with E-state index in [9.17, 15) is 9.59 Å². The van der Waals surface area contributed by atoms with Crippen molar-refractivity contribution in [2.45, 2.75) is 27.7 Å². The van der Waals surface area contributed by atoms with Crippen molar-refractivity contribution in [3.05, 3.63) is 23.1 Å². The minimum atomic E-state index is -0.479. The molecule has 0 atom stereocenters. The maximum atomic E-state index is 12.1. The molecule has 126 valence electrons. The normalized spacial score (nSPS) is 13.8. The lowest BCUT2D eigenvalue weighted by Gasteiger charge is -2.18. The van der Waals surface area contributed by atoms with E-state index in [1.54, 1.807) is 0 Å². The Morgan fingerprint density at radius 2 is 2.12 bits per heavy atom. The summed E-state index contributed by atoms with van der Waals surface area (Å²) in [5, 5.41) is 6.22. The van der Waals surface area contributed by atoms with Crippen molar-refractivity contribution in [2.24, 2.45) is 5.41 Å². The fourth-order valence-electron chi connectivity index (χ4n) is 2.23. The van der Waals surface area contributed by atoms with Crippen LogP contribution >= 0.6 is 11.3 Å². The molecule has 1 aromatic heterocycles. The molecule has 0 fully saturated rings. The van der Waals surface area contributed by atoms with Gasteiger partial charge < -0.3 is 15.4 Å². The number of rotatable bonds is 2. The van der Waals surface area contributed by atoms with Crippen molar-refractivity contribution in [1.82, 2.24) is 4.98 Å². The van der Waals surface area contributed by atoms with Crippen LogP contribution in [-0.4, -0.2) is 23.4 Å². The molecule has 0 radical (unpaired) electrons. The fraction of sp³-hybridized carbons (Fsp3) is 0.353. The summed E-state index contributed by atoms with van der Waals surface area (Å²) in [5.41, 5.74) is 1.81. The molecular weight excluding hydrogens is 326 g/mol. The third-order valence-electron chi connectivity index (χ3n) is 3.58. The van der Waals surface area contributed by atoms with Gasteiger partial charge in [-0.05, 0) is 25.1 Å². The molecule has 0 saturated carbocycles. The lowest BCUT2D eigenvalue weighted by Crippen LogP contribution is -2.27. The minimum Gasteiger partial charge on any atom is -0.482 e. The highest BCUT2D eigenvalue weighted by molar-refractivity contribution is 7.16. The first-order chi connectivity index (χ1) is 11.2. The van der Waals surface area contributed by atoms with Crippen LogP contribution in [0.25, 0.3) is 11.3 Å². The summed E-state index contributed by atoms with van der Waals surface area (Å²) in [6.07, 6.45) is 0. The second-order valence-electron chi connectivity index (χ2n) is 6.68. The molecule has 2 amide bonds. The average molecular weight is 345 g/mol. The smallest absolute Gasteiger partial charge is 0.262 e. The van der Waals surface area contributed by atoms with Gasteiger partial charge in [-0.25, -0.2) is 4.98 Å². The van der Waals surface area contributed by atoms with Crippen molar-refractivity contribution < 1.29 is 14.3 Å². The van der Waals surface area contributed by atoms with Gasteiger partial charge in [0.15, 0.2) is 11.7 Å². The van der Waals surface area contributed by atoms with Gasteiger partial charge in [-0.3, -0.25) is 9.59 Å². The zero-order valence-electron chi connectivity index (χ0n) is 14.0. The van der Waals surface area contributed by atoms with E-state index in [4.69, 9.17) is 4.74 Å². The van der Waals surface area contributed by atoms with Crippen molar-refractivity contribution in [3.8, 4) is 17.0 Å². The highest BCUT2D eigenvalue weighted by Gasteiger charge is 2.23. The third kappa shape index (κ3) is 3.26. The van der Waals surface area contributed by atoms with Gasteiger partial charge >= 0.3 is 0 Å². The Labute approximate surface area is 144 Å². The Balaban J connectivity index is 1.89. The van der Waals surface area contributed by atoms with E-state index in [1.807, 2.05) is 45.9 Å². The van der Waals surface area contributed by atoms with Crippen molar-refractivity contribution in [3.63, 3.8) is 0 Å². The predicted octanol–water partition coefficient (Wildman–Crippen LogP) is 3.43. The maximum Gasteiger partial charge on any atom is 0.262 e. The fourth-order valence-corrected chi connectivity index (χ4v) is 3.06. The lowest BCUT2D eigenvalue weighted by molar-refractivity contribution is -0.123. The molecule has 2 heterocycles. The summed E-state index contributed by atoms with van der Waals surface area (Å²) < 4.78 is 5.37. The van der Waals surface area contributed by atoms with Crippen LogP contribution in [0.3, 0.4) is 0 Å². The van der Waals surface area contributed by atoms with Crippen molar-refractivity contribution in [2.75, 3.05) is 17.2 Å². The summed E-state index contributed by atoms with van der Waals surface area (Å²) in [6.45, 7) is 7.56. The average Bonchev–Trinajstić information content (AvgIpc) is 2.86. The van der Waals surface area contributed by atoms with Crippen LogP contribution in [0, 0.1) is 12.3 Å². The number of hydrogen-bond donors (Lipinski definition) is 2. The molecular formula is C17H19N3O3S. The molecule has 6 nitrogen and oxygen atoms in total. The number of aromatic nitrogens is 1. The minimum absolute atomic E-state index is 0.0328. The van der Waals surface area contributed by atoms with E-state index < -0.39 is 5.41 Å². The van der Waals surface area contributed by atoms with Gasteiger partial charge in [-0.2, -0.15) is 0 Å². The van der Waals surface area contributed by atoms with Gasteiger partial charge in [0.1, 0.15) is 5.75 Å². The van der Waals surface area contributed by atoms with Crippen molar-refractivity contribution >= 4 is 34.0 Å². The number of hydrogen-bond acceptors (Lipinski definition) is 5. The molecule has 0 spiro atoms. The van der Waals surface area contributed by atoms with Gasteiger partial charge in [0, 0.05) is 15.9 Å². The van der Waals surface area contributed by atoms with Crippen LogP contribution in [0.15, 0.2) is 18.2 Å². The second kappa shape index (κ2) is 5.90. The Morgan fingerprint density at radius 1 is 1.38 bits per heavy atom. The van der Waals surface area contributed by atoms with Gasteiger partial charge in [-0.1, -0.05) is 20.8 Å². The van der Waals surface area contributed by atoms with E-state index in [2.05, 4.69) is 15.6 Å². The number of carbonyl (C=O) groups excluding carboxylic acids is 2. The molecule has 1 aliphatic heterocycles. The molecule has 7 heteroatoms. The van der Waals surface area contributed by atoms with Crippen LogP contribution in [0.2, 0.25) is 0 Å². The molecule has 0 unspecified atom stereocenters. The number of carbonyl (C=O) groups is 2. The third-order valence-corrected chi connectivity index (χ3v) is 4.47. The van der Waals surface area contributed by atoms with Gasteiger partial charge in [0.25, 0.3) is 5.91 Å².